The molecule has 0 aliphatic carbocycles. The van der Waals surface area contributed by atoms with Gasteiger partial charge in [-0.25, -0.2) is 0 Å². The van der Waals surface area contributed by atoms with Gasteiger partial charge in [0.1, 0.15) is 0 Å². The van der Waals surface area contributed by atoms with Crippen molar-refractivity contribution in [2.45, 2.75) is 33.7 Å². The topological polar surface area (TPSA) is 52.6 Å². The van der Waals surface area contributed by atoms with Gasteiger partial charge in [0.05, 0.1) is 13.2 Å². The van der Waals surface area contributed by atoms with E-state index in [0.717, 1.165) is 13.1 Å². The highest BCUT2D eigenvalue weighted by Gasteiger charge is 2.15. The van der Waals surface area contributed by atoms with Crippen molar-refractivity contribution in [2.24, 2.45) is 5.92 Å². The van der Waals surface area contributed by atoms with E-state index in [2.05, 4.69) is 5.32 Å². The molecule has 0 aliphatic rings. The molecular weight excluding hydrogens is 192 g/mol. The van der Waals surface area contributed by atoms with Gasteiger partial charge in [0.2, 0.25) is 5.91 Å². The molecule has 1 unspecified atom stereocenters. The second kappa shape index (κ2) is 7.65. The highest BCUT2D eigenvalue weighted by Crippen LogP contribution is 2.00. The Kier molecular flexibility index (Phi) is 7.34. The van der Waals surface area contributed by atoms with Crippen LogP contribution < -0.4 is 5.32 Å². The predicted octanol–water partition coefficient (Wildman–Crippen LogP) is 0.461. The predicted molar refractivity (Wildman–Crippen MR) is 61.6 cm³/mol. The zero-order valence-electron chi connectivity index (χ0n) is 10.3. The van der Waals surface area contributed by atoms with E-state index in [0.29, 0.717) is 12.5 Å². The van der Waals surface area contributed by atoms with Gasteiger partial charge in [0.15, 0.2) is 0 Å². The van der Waals surface area contributed by atoms with Crippen LogP contribution in [0.1, 0.15) is 27.7 Å². The van der Waals surface area contributed by atoms with Crippen LogP contribution in [0.15, 0.2) is 0 Å². The second-order valence-corrected chi connectivity index (χ2v) is 3.98. The van der Waals surface area contributed by atoms with E-state index in [1.54, 1.807) is 4.90 Å². The fourth-order valence-corrected chi connectivity index (χ4v) is 1.42. The molecule has 4 nitrogen and oxygen atoms in total. The first-order valence-corrected chi connectivity index (χ1v) is 5.68. The van der Waals surface area contributed by atoms with Crippen molar-refractivity contribution in [3.05, 3.63) is 0 Å². The number of amides is 1. The quantitative estimate of drug-likeness (QED) is 0.650. The van der Waals surface area contributed by atoms with Crippen molar-refractivity contribution in [1.82, 2.24) is 10.2 Å². The number of aliphatic hydroxyl groups excluding tert-OH is 1. The highest BCUT2D eigenvalue weighted by atomic mass is 16.3. The standard InChI is InChI=1S/C11H24N2O2/c1-5-13(6-2)11(15)7-12-10(8-14)9(3)4/h9-10,12,14H,5-8H2,1-4H3. The summed E-state index contributed by atoms with van der Waals surface area (Å²) in [5, 5.41) is 12.2. The van der Waals surface area contributed by atoms with Crippen LogP contribution in [0.25, 0.3) is 0 Å². The van der Waals surface area contributed by atoms with Crippen LogP contribution in [0.3, 0.4) is 0 Å². The Hall–Kier alpha value is -0.610. The molecule has 0 saturated heterocycles. The van der Waals surface area contributed by atoms with Crippen LogP contribution in [0, 0.1) is 5.92 Å². The first kappa shape index (κ1) is 14.4. The molecule has 90 valence electrons. The molecular formula is C11H24N2O2. The summed E-state index contributed by atoms with van der Waals surface area (Å²) in [6, 6.07) is 0.00418. The van der Waals surface area contributed by atoms with Gasteiger partial charge in [-0.1, -0.05) is 13.8 Å². The minimum Gasteiger partial charge on any atom is -0.395 e. The molecule has 0 radical (unpaired) electrons. The molecule has 0 bridgehead atoms. The molecule has 1 amide bonds. The van der Waals surface area contributed by atoms with Crippen LogP contribution in [-0.2, 0) is 4.79 Å². The number of hydrogen-bond donors (Lipinski definition) is 2. The smallest absolute Gasteiger partial charge is 0.236 e. The van der Waals surface area contributed by atoms with Crippen LogP contribution in [-0.4, -0.2) is 48.2 Å². The number of aliphatic hydroxyl groups is 1. The number of carbonyl (C=O) groups excluding carboxylic acids is 1. The Balaban J connectivity index is 3.97. The van der Waals surface area contributed by atoms with E-state index in [1.165, 1.54) is 0 Å². The third-order valence-electron chi connectivity index (χ3n) is 2.63. The van der Waals surface area contributed by atoms with Crippen molar-refractivity contribution in [3.63, 3.8) is 0 Å². The fourth-order valence-electron chi connectivity index (χ4n) is 1.42. The first-order chi connectivity index (χ1) is 7.06. The normalized spacial score (nSPS) is 12.9. The molecule has 0 heterocycles. The zero-order chi connectivity index (χ0) is 11.8. The van der Waals surface area contributed by atoms with Gasteiger partial charge in [0.25, 0.3) is 0 Å². The maximum atomic E-state index is 11.6. The van der Waals surface area contributed by atoms with Gasteiger partial charge >= 0.3 is 0 Å². The van der Waals surface area contributed by atoms with Gasteiger partial charge in [0, 0.05) is 19.1 Å². The summed E-state index contributed by atoms with van der Waals surface area (Å²) >= 11 is 0. The molecule has 2 N–H and O–H groups in total. The molecule has 0 spiro atoms. The average molecular weight is 216 g/mol. The number of nitrogens with one attached hydrogen (secondary N) is 1. The third-order valence-corrected chi connectivity index (χ3v) is 2.63. The van der Waals surface area contributed by atoms with Gasteiger partial charge < -0.3 is 15.3 Å². The summed E-state index contributed by atoms with van der Waals surface area (Å²) in [5.41, 5.74) is 0. The van der Waals surface area contributed by atoms with E-state index in [-0.39, 0.29) is 18.6 Å². The highest BCUT2D eigenvalue weighted by molar-refractivity contribution is 5.78. The number of nitrogens with zero attached hydrogens (tertiary/aromatic N) is 1. The van der Waals surface area contributed by atoms with E-state index in [9.17, 15) is 4.79 Å². The second-order valence-electron chi connectivity index (χ2n) is 3.98. The number of carbonyl (C=O) groups is 1. The summed E-state index contributed by atoms with van der Waals surface area (Å²) in [5.74, 6) is 0.429. The fraction of sp³-hybridized carbons (Fsp3) is 0.909. The Morgan fingerprint density at radius 2 is 1.87 bits per heavy atom. The summed E-state index contributed by atoms with van der Waals surface area (Å²) in [6.07, 6.45) is 0. The molecule has 4 heteroatoms. The summed E-state index contributed by atoms with van der Waals surface area (Å²) in [6.45, 7) is 9.84. The van der Waals surface area contributed by atoms with Crippen molar-refractivity contribution in [3.8, 4) is 0 Å². The van der Waals surface area contributed by atoms with Crippen LogP contribution in [0.2, 0.25) is 0 Å². The first-order valence-electron chi connectivity index (χ1n) is 5.68. The van der Waals surface area contributed by atoms with E-state index < -0.39 is 0 Å². The summed E-state index contributed by atoms with van der Waals surface area (Å²) in [4.78, 5) is 13.4. The monoisotopic (exact) mass is 216 g/mol. The Labute approximate surface area is 92.7 Å². The van der Waals surface area contributed by atoms with E-state index >= 15 is 0 Å². The molecule has 1 atom stereocenters. The maximum absolute atomic E-state index is 11.6. The number of rotatable bonds is 7. The molecule has 0 saturated carbocycles. The molecule has 0 aromatic carbocycles. The van der Waals surface area contributed by atoms with Crippen LogP contribution in [0.5, 0.6) is 0 Å². The minimum absolute atomic E-state index is 0.00418. The van der Waals surface area contributed by atoms with Crippen LogP contribution >= 0.6 is 0 Å². The zero-order valence-corrected chi connectivity index (χ0v) is 10.3. The van der Waals surface area contributed by atoms with Gasteiger partial charge in [-0.05, 0) is 19.8 Å². The summed E-state index contributed by atoms with van der Waals surface area (Å²) in [7, 11) is 0. The Morgan fingerprint density at radius 3 is 2.20 bits per heavy atom. The van der Waals surface area contributed by atoms with Crippen molar-refractivity contribution in [1.29, 1.82) is 0 Å². The van der Waals surface area contributed by atoms with E-state index in [1.807, 2.05) is 27.7 Å². The SMILES string of the molecule is CCN(CC)C(=O)CNC(CO)C(C)C. The largest absolute Gasteiger partial charge is 0.395 e. The molecule has 0 fully saturated rings. The lowest BCUT2D eigenvalue weighted by Crippen LogP contribution is -2.44. The molecule has 0 aliphatic heterocycles. The molecule has 0 aromatic rings. The number of likely N-dealkylation sites (N-methyl/N-ethyl adjacent to an activating group) is 1. The van der Waals surface area contributed by atoms with Crippen molar-refractivity contribution >= 4 is 5.91 Å². The molecule has 15 heavy (non-hydrogen) atoms. The van der Waals surface area contributed by atoms with Crippen LogP contribution in [0.4, 0.5) is 0 Å². The van der Waals surface area contributed by atoms with Gasteiger partial charge in [-0.3, -0.25) is 4.79 Å². The third kappa shape index (κ3) is 5.14. The lowest BCUT2D eigenvalue weighted by Gasteiger charge is -2.23. The van der Waals surface area contributed by atoms with Gasteiger partial charge in [-0.15, -0.1) is 0 Å². The van der Waals surface area contributed by atoms with Crippen molar-refractivity contribution < 1.29 is 9.90 Å². The lowest BCUT2D eigenvalue weighted by molar-refractivity contribution is -0.130. The number of hydrogen-bond acceptors (Lipinski definition) is 3. The molecule has 0 aromatic heterocycles. The van der Waals surface area contributed by atoms with Crippen molar-refractivity contribution in [2.75, 3.05) is 26.2 Å². The minimum atomic E-state index is 0.00418. The average Bonchev–Trinajstić information content (AvgIpc) is 2.20. The summed E-state index contributed by atoms with van der Waals surface area (Å²) < 4.78 is 0. The lowest BCUT2D eigenvalue weighted by atomic mass is 10.1. The maximum Gasteiger partial charge on any atom is 0.236 e. The van der Waals surface area contributed by atoms with E-state index in [4.69, 9.17) is 5.11 Å². The molecule has 0 rings (SSSR count). The van der Waals surface area contributed by atoms with Gasteiger partial charge in [-0.2, -0.15) is 0 Å². The Bertz CT molecular complexity index is 179. The Morgan fingerprint density at radius 1 is 1.33 bits per heavy atom.